The Kier molecular flexibility index (Phi) is 62.4. The van der Waals surface area contributed by atoms with E-state index in [1.165, 1.54) is 89.9 Å². The van der Waals surface area contributed by atoms with Gasteiger partial charge in [0.25, 0.3) is 0 Å². The van der Waals surface area contributed by atoms with E-state index in [4.69, 9.17) is 14.2 Å². The molecule has 1 unspecified atom stereocenters. The number of rotatable bonds is 57. The van der Waals surface area contributed by atoms with Gasteiger partial charge in [0, 0.05) is 19.3 Å². The number of ether oxygens (including phenoxy) is 3. The van der Waals surface area contributed by atoms with Gasteiger partial charge in [0.2, 0.25) is 0 Å². The Bertz CT molecular complexity index is 1790. The maximum atomic E-state index is 12.9. The van der Waals surface area contributed by atoms with Gasteiger partial charge in [0.15, 0.2) is 6.10 Å². The van der Waals surface area contributed by atoms with Crippen LogP contribution in [0.15, 0.2) is 158 Å². The van der Waals surface area contributed by atoms with Gasteiger partial charge in [-0.25, -0.2) is 0 Å². The van der Waals surface area contributed by atoms with Crippen molar-refractivity contribution >= 4 is 17.9 Å². The summed E-state index contributed by atoms with van der Waals surface area (Å²) < 4.78 is 16.8. The molecule has 6 nitrogen and oxygen atoms in total. The van der Waals surface area contributed by atoms with E-state index in [2.05, 4.69) is 173 Å². The number of allylic oxidation sites excluding steroid dienone is 26. The van der Waals surface area contributed by atoms with E-state index in [9.17, 15) is 14.4 Å². The molecule has 0 N–H and O–H groups in total. The van der Waals surface area contributed by atoms with E-state index < -0.39 is 6.10 Å². The SMILES string of the molecule is CC/C=C\C/C=C\C/C=C\C/C=C\C/C=C\C/C=C\C/C=C\C/C=C\CCCCCCCCCCC(=O)OCC(COC(=O)CC/C=C\C/C=C\C/C=C\C/C=C\CC)OC(=O)CCCCCCC/C=C\CCCCCCCCC. The summed E-state index contributed by atoms with van der Waals surface area (Å²) in [5, 5.41) is 0. The maximum Gasteiger partial charge on any atom is 0.306 e. The van der Waals surface area contributed by atoms with Crippen LogP contribution >= 0.6 is 0 Å². The third-order valence-corrected chi connectivity index (χ3v) is 13.3. The van der Waals surface area contributed by atoms with E-state index in [0.717, 1.165) is 135 Å². The van der Waals surface area contributed by atoms with Gasteiger partial charge in [-0.15, -0.1) is 0 Å². The smallest absolute Gasteiger partial charge is 0.306 e. The molecule has 6 heteroatoms. The zero-order valence-corrected chi connectivity index (χ0v) is 51.5. The third kappa shape index (κ3) is 63.9. The van der Waals surface area contributed by atoms with Gasteiger partial charge in [0.1, 0.15) is 13.2 Å². The molecule has 0 aliphatic rings. The van der Waals surface area contributed by atoms with E-state index >= 15 is 0 Å². The monoisotopic (exact) mass is 1100 g/mol. The lowest BCUT2D eigenvalue weighted by Gasteiger charge is -2.18. The molecule has 0 saturated carbocycles. The molecule has 0 aromatic carbocycles. The predicted molar refractivity (Wildman–Crippen MR) is 348 cm³/mol. The van der Waals surface area contributed by atoms with Crippen LogP contribution in [0.3, 0.4) is 0 Å². The van der Waals surface area contributed by atoms with Crippen LogP contribution in [0.2, 0.25) is 0 Å². The van der Waals surface area contributed by atoms with Crippen molar-refractivity contribution in [1.29, 1.82) is 0 Å². The summed E-state index contributed by atoms with van der Waals surface area (Å²) in [4.78, 5) is 38.2. The Hall–Kier alpha value is -4.97. The number of hydrogen-bond donors (Lipinski definition) is 0. The highest BCUT2D eigenvalue weighted by molar-refractivity contribution is 5.71. The number of esters is 3. The van der Waals surface area contributed by atoms with Crippen LogP contribution in [0.5, 0.6) is 0 Å². The molecule has 0 saturated heterocycles. The van der Waals surface area contributed by atoms with Crippen molar-refractivity contribution in [3.8, 4) is 0 Å². The van der Waals surface area contributed by atoms with Crippen LogP contribution in [-0.4, -0.2) is 37.2 Å². The molecule has 450 valence electrons. The molecule has 0 rings (SSSR count). The fourth-order valence-corrected chi connectivity index (χ4v) is 8.47. The van der Waals surface area contributed by atoms with Crippen LogP contribution in [0.1, 0.15) is 271 Å². The molecule has 0 amide bonds. The van der Waals surface area contributed by atoms with Gasteiger partial charge in [-0.05, 0) is 135 Å². The van der Waals surface area contributed by atoms with Crippen LogP contribution in [0.25, 0.3) is 0 Å². The average molecular weight is 1100 g/mol. The fourth-order valence-electron chi connectivity index (χ4n) is 8.47. The lowest BCUT2D eigenvalue weighted by Crippen LogP contribution is -2.30. The van der Waals surface area contributed by atoms with Gasteiger partial charge in [-0.1, -0.05) is 275 Å². The summed E-state index contributed by atoms with van der Waals surface area (Å²) in [6.45, 7) is 6.33. The molecule has 0 fully saturated rings. The first-order chi connectivity index (χ1) is 39.5. The Morgan fingerprint density at radius 2 is 0.512 bits per heavy atom. The number of hydrogen-bond acceptors (Lipinski definition) is 6. The zero-order chi connectivity index (χ0) is 57.8. The second-order valence-corrected chi connectivity index (χ2v) is 20.9. The highest BCUT2D eigenvalue weighted by Crippen LogP contribution is 2.14. The standard InChI is InChI=1S/C74H118O6/c1-4-7-10-13-16-19-22-25-27-29-30-31-32-33-34-35-36-37-38-39-40-41-42-43-44-45-47-49-52-55-58-61-64-67-73(76)79-70-71(69-78-72(75)66-63-60-57-54-51-48-24-21-18-15-12-9-6-3)80-74(77)68-65-62-59-56-53-50-46-28-26-23-20-17-14-11-8-5-2/h7,9-10,12,16,18-19,21,25,27-28,30-31,33-34,36-37,39-40,42-43,46,48,51,57,60,71H,4-6,8,11,13-15,17,20,22-24,26,29,32,35,38,41,44-45,47,49-50,52-56,58-59,61-70H2,1-3H3/b10-7-,12-9-,19-16-,21-18-,27-25-,31-30-,34-33-,37-36-,40-39-,43-42-,46-28-,51-48-,60-57-. The quantitative estimate of drug-likeness (QED) is 0.0261. The fraction of sp³-hybridized carbons (Fsp3) is 0.608. The highest BCUT2D eigenvalue weighted by Gasteiger charge is 2.19. The zero-order valence-electron chi connectivity index (χ0n) is 51.5. The number of carbonyl (C=O) groups excluding carboxylic acids is 3. The molecule has 1 atom stereocenters. The van der Waals surface area contributed by atoms with Gasteiger partial charge in [0.05, 0.1) is 0 Å². The van der Waals surface area contributed by atoms with Gasteiger partial charge >= 0.3 is 17.9 Å². The second kappa shape index (κ2) is 66.5. The number of unbranched alkanes of at least 4 members (excludes halogenated alkanes) is 20. The summed E-state index contributed by atoms with van der Waals surface area (Å²) in [7, 11) is 0. The highest BCUT2D eigenvalue weighted by atomic mass is 16.6. The maximum absolute atomic E-state index is 12.9. The lowest BCUT2D eigenvalue weighted by molar-refractivity contribution is -0.166. The van der Waals surface area contributed by atoms with Crippen molar-refractivity contribution in [2.24, 2.45) is 0 Å². The molecule has 0 heterocycles. The Morgan fingerprint density at radius 1 is 0.263 bits per heavy atom. The summed E-state index contributed by atoms with van der Waals surface area (Å²) in [5.41, 5.74) is 0. The first-order valence-electron chi connectivity index (χ1n) is 32.5. The molecule has 80 heavy (non-hydrogen) atoms. The summed E-state index contributed by atoms with van der Waals surface area (Å²) in [5.74, 6) is -1.02. The van der Waals surface area contributed by atoms with Gasteiger partial charge in [-0.2, -0.15) is 0 Å². The largest absolute Gasteiger partial charge is 0.462 e. The molecule has 0 aliphatic heterocycles. The van der Waals surface area contributed by atoms with Crippen molar-refractivity contribution in [3.05, 3.63) is 158 Å². The minimum atomic E-state index is -0.822. The van der Waals surface area contributed by atoms with E-state index in [1.54, 1.807) is 0 Å². The topological polar surface area (TPSA) is 78.9 Å². The van der Waals surface area contributed by atoms with E-state index in [0.29, 0.717) is 19.3 Å². The summed E-state index contributed by atoms with van der Waals surface area (Å²) in [6, 6.07) is 0. The van der Waals surface area contributed by atoms with Crippen LogP contribution in [-0.2, 0) is 28.6 Å². The van der Waals surface area contributed by atoms with Crippen LogP contribution in [0.4, 0.5) is 0 Å². The van der Waals surface area contributed by atoms with Gasteiger partial charge < -0.3 is 14.2 Å². The lowest BCUT2D eigenvalue weighted by atomic mass is 10.1. The molecule has 0 spiro atoms. The van der Waals surface area contributed by atoms with E-state index in [1.807, 2.05) is 6.08 Å². The van der Waals surface area contributed by atoms with Crippen molar-refractivity contribution in [2.45, 2.75) is 277 Å². The molecule has 0 radical (unpaired) electrons. The van der Waals surface area contributed by atoms with Gasteiger partial charge in [-0.3, -0.25) is 14.4 Å². The molecular formula is C74H118O6. The van der Waals surface area contributed by atoms with Crippen molar-refractivity contribution in [2.75, 3.05) is 13.2 Å². The Labute approximate surface area is 492 Å². The molecular weight excluding hydrogens is 985 g/mol. The molecule has 0 aliphatic carbocycles. The first-order valence-corrected chi connectivity index (χ1v) is 32.5. The minimum Gasteiger partial charge on any atom is -0.462 e. The third-order valence-electron chi connectivity index (χ3n) is 13.3. The summed E-state index contributed by atoms with van der Waals surface area (Å²) >= 11 is 0. The average Bonchev–Trinajstić information content (AvgIpc) is 3.46. The first kappa shape index (κ1) is 75.0. The van der Waals surface area contributed by atoms with Crippen LogP contribution in [0, 0.1) is 0 Å². The van der Waals surface area contributed by atoms with Crippen molar-refractivity contribution in [3.63, 3.8) is 0 Å². The normalized spacial score (nSPS) is 13.2. The van der Waals surface area contributed by atoms with E-state index in [-0.39, 0.29) is 37.5 Å². The minimum absolute atomic E-state index is 0.113. The van der Waals surface area contributed by atoms with Crippen molar-refractivity contribution < 1.29 is 28.6 Å². The Morgan fingerprint density at radius 3 is 0.850 bits per heavy atom. The Balaban J connectivity index is 4.34. The van der Waals surface area contributed by atoms with Crippen molar-refractivity contribution in [1.82, 2.24) is 0 Å². The molecule has 0 aromatic rings. The predicted octanol–water partition coefficient (Wildman–Crippen LogP) is 22.5. The second-order valence-electron chi connectivity index (χ2n) is 20.9. The number of carbonyl (C=O) groups is 3. The summed E-state index contributed by atoms with van der Waals surface area (Å²) in [6.07, 6.45) is 97.0. The molecule has 0 bridgehead atoms. The van der Waals surface area contributed by atoms with Crippen LogP contribution < -0.4 is 0 Å². The molecule has 0 aromatic heterocycles.